The van der Waals surface area contributed by atoms with Crippen molar-refractivity contribution in [3.63, 3.8) is 0 Å². The van der Waals surface area contributed by atoms with Crippen LogP contribution in [0.3, 0.4) is 0 Å². The van der Waals surface area contributed by atoms with Gasteiger partial charge in [-0.3, -0.25) is 9.59 Å². The molecule has 1 aliphatic rings. The lowest BCUT2D eigenvalue weighted by Crippen LogP contribution is -2.18. The molecule has 148 valence electrons. The fraction of sp³-hybridized carbons (Fsp3) is 0.227. The number of fused-ring (bicyclic) bond motifs is 1. The second kappa shape index (κ2) is 8.45. The Labute approximate surface area is 172 Å². The first kappa shape index (κ1) is 19.1. The number of ether oxygens (including phenoxy) is 1. The lowest BCUT2D eigenvalue weighted by molar-refractivity contribution is -0.117. The van der Waals surface area contributed by atoms with Crippen LogP contribution in [-0.4, -0.2) is 23.9 Å². The standard InChI is InChI=1S/C22H21N3O3S/c1-28-17-7-2-14(3-8-17)4-10-21(27)25-22-24-19(13-29-22)16-5-9-18-15(12-16)6-11-20(26)23-18/h2-3,5,7-9,12-13H,4,6,10-11H2,1H3,(H,23,26)(H,24,25,27). The number of amides is 2. The van der Waals surface area contributed by atoms with E-state index in [1.54, 1.807) is 7.11 Å². The van der Waals surface area contributed by atoms with E-state index in [2.05, 4.69) is 21.7 Å². The van der Waals surface area contributed by atoms with Crippen LogP contribution in [-0.2, 0) is 22.4 Å². The van der Waals surface area contributed by atoms with E-state index < -0.39 is 0 Å². The van der Waals surface area contributed by atoms with Crippen LogP contribution >= 0.6 is 11.3 Å². The molecule has 0 bridgehead atoms. The minimum atomic E-state index is -0.0603. The quantitative estimate of drug-likeness (QED) is 0.639. The second-order valence-corrected chi connectivity index (χ2v) is 7.71. The van der Waals surface area contributed by atoms with E-state index >= 15 is 0 Å². The van der Waals surface area contributed by atoms with Gasteiger partial charge in [0.2, 0.25) is 11.8 Å². The number of thiazole rings is 1. The molecule has 4 rings (SSSR count). The third-order valence-corrected chi connectivity index (χ3v) is 5.60. The summed E-state index contributed by atoms with van der Waals surface area (Å²) in [7, 11) is 1.63. The lowest BCUT2D eigenvalue weighted by Gasteiger charge is -2.17. The summed E-state index contributed by atoms with van der Waals surface area (Å²) >= 11 is 1.41. The molecule has 29 heavy (non-hydrogen) atoms. The van der Waals surface area contributed by atoms with Gasteiger partial charge in [0, 0.05) is 29.5 Å². The highest BCUT2D eigenvalue weighted by molar-refractivity contribution is 7.14. The second-order valence-electron chi connectivity index (χ2n) is 6.85. The summed E-state index contributed by atoms with van der Waals surface area (Å²) in [6.45, 7) is 0. The molecular formula is C22H21N3O3S. The molecule has 1 aromatic heterocycles. The van der Waals surface area contributed by atoms with E-state index in [0.29, 0.717) is 24.4 Å². The molecule has 0 radical (unpaired) electrons. The van der Waals surface area contributed by atoms with Crippen LogP contribution in [0.5, 0.6) is 5.75 Å². The van der Waals surface area contributed by atoms with Gasteiger partial charge in [-0.15, -0.1) is 11.3 Å². The molecule has 2 N–H and O–H groups in total. The maximum atomic E-state index is 12.3. The van der Waals surface area contributed by atoms with E-state index in [1.165, 1.54) is 11.3 Å². The number of hydrogen-bond acceptors (Lipinski definition) is 5. The number of carbonyl (C=O) groups is 2. The van der Waals surface area contributed by atoms with E-state index in [1.807, 2.05) is 41.8 Å². The maximum Gasteiger partial charge on any atom is 0.226 e. The normalized spacial score (nSPS) is 12.8. The van der Waals surface area contributed by atoms with Crippen LogP contribution in [0.2, 0.25) is 0 Å². The maximum absolute atomic E-state index is 12.3. The van der Waals surface area contributed by atoms with Gasteiger partial charge >= 0.3 is 0 Å². The molecule has 1 aliphatic heterocycles. The monoisotopic (exact) mass is 407 g/mol. The molecule has 0 atom stereocenters. The van der Waals surface area contributed by atoms with Gasteiger partial charge in [0.15, 0.2) is 5.13 Å². The van der Waals surface area contributed by atoms with Crippen LogP contribution < -0.4 is 15.4 Å². The van der Waals surface area contributed by atoms with Gasteiger partial charge in [0.05, 0.1) is 12.8 Å². The third-order valence-electron chi connectivity index (χ3n) is 4.85. The largest absolute Gasteiger partial charge is 0.497 e. The molecule has 0 spiro atoms. The molecule has 0 saturated heterocycles. The Hall–Kier alpha value is -3.19. The summed E-state index contributed by atoms with van der Waals surface area (Å²) < 4.78 is 5.14. The molecule has 2 aromatic carbocycles. The van der Waals surface area contributed by atoms with Crippen molar-refractivity contribution in [2.24, 2.45) is 0 Å². The number of benzene rings is 2. The molecule has 2 amide bonds. The van der Waals surface area contributed by atoms with Crippen molar-refractivity contribution in [3.05, 3.63) is 59.0 Å². The molecule has 0 aliphatic carbocycles. The summed E-state index contributed by atoms with van der Waals surface area (Å²) in [5.74, 6) is 0.798. The Kier molecular flexibility index (Phi) is 5.57. The van der Waals surface area contributed by atoms with Crippen molar-refractivity contribution in [2.45, 2.75) is 25.7 Å². The lowest BCUT2D eigenvalue weighted by atomic mass is 9.99. The summed E-state index contributed by atoms with van der Waals surface area (Å²) in [6, 6.07) is 13.6. The zero-order chi connectivity index (χ0) is 20.2. The van der Waals surface area contributed by atoms with Crippen molar-refractivity contribution in [1.29, 1.82) is 0 Å². The summed E-state index contributed by atoms with van der Waals surface area (Å²) in [6.07, 6.45) is 2.28. The smallest absolute Gasteiger partial charge is 0.226 e. The first-order valence-corrected chi connectivity index (χ1v) is 10.3. The van der Waals surface area contributed by atoms with E-state index in [9.17, 15) is 9.59 Å². The number of aromatic nitrogens is 1. The fourth-order valence-corrected chi connectivity index (χ4v) is 3.97. The molecular weight excluding hydrogens is 386 g/mol. The van der Waals surface area contributed by atoms with Gasteiger partial charge < -0.3 is 15.4 Å². The number of anilines is 2. The summed E-state index contributed by atoms with van der Waals surface area (Å²) in [5, 5.41) is 8.28. The summed E-state index contributed by atoms with van der Waals surface area (Å²) in [5.41, 5.74) is 4.87. The van der Waals surface area contributed by atoms with Crippen LogP contribution in [0.25, 0.3) is 11.3 Å². The van der Waals surface area contributed by atoms with E-state index in [0.717, 1.165) is 40.2 Å². The van der Waals surface area contributed by atoms with Gasteiger partial charge in [0.1, 0.15) is 5.75 Å². The van der Waals surface area contributed by atoms with Crippen LogP contribution in [0.4, 0.5) is 10.8 Å². The molecule has 7 heteroatoms. The van der Waals surface area contributed by atoms with Crippen molar-refractivity contribution >= 4 is 34.0 Å². The fourth-order valence-electron chi connectivity index (χ4n) is 3.24. The Bertz CT molecular complexity index is 1040. The number of nitrogens with zero attached hydrogens (tertiary/aromatic N) is 1. The molecule has 6 nitrogen and oxygen atoms in total. The Morgan fingerprint density at radius 1 is 1.21 bits per heavy atom. The Balaban J connectivity index is 1.36. The van der Waals surface area contributed by atoms with Crippen molar-refractivity contribution in [3.8, 4) is 17.0 Å². The Morgan fingerprint density at radius 3 is 2.83 bits per heavy atom. The van der Waals surface area contributed by atoms with E-state index in [4.69, 9.17) is 4.74 Å². The minimum Gasteiger partial charge on any atom is -0.497 e. The highest BCUT2D eigenvalue weighted by Gasteiger charge is 2.16. The molecule has 0 unspecified atom stereocenters. The SMILES string of the molecule is COc1ccc(CCC(=O)Nc2nc(-c3ccc4c(c3)CCC(=O)N4)cs2)cc1. The zero-order valence-corrected chi connectivity index (χ0v) is 16.8. The van der Waals surface area contributed by atoms with Crippen LogP contribution in [0, 0.1) is 0 Å². The highest BCUT2D eigenvalue weighted by atomic mass is 32.1. The number of carbonyl (C=O) groups excluding carboxylic acids is 2. The third kappa shape index (κ3) is 4.63. The topological polar surface area (TPSA) is 80.3 Å². The Morgan fingerprint density at radius 2 is 2.03 bits per heavy atom. The van der Waals surface area contributed by atoms with Crippen LogP contribution in [0.15, 0.2) is 47.8 Å². The van der Waals surface area contributed by atoms with Gasteiger partial charge in [-0.25, -0.2) is 4.98 Å². The number of rotatable bonds is 6. The first-order chi connectivity index (χ1) is 14.1. The molecule has 2 heterocycles. The number of hydrogen-bond donors (Lipinski definition) is 2. The average molecular weight is 407 g/mol. The van der Waals surface area contributed by atoms with Crippen molar-refractivity contribution < 1.29 is 14.3 Å². The number of aryl methyl sites for hydroxylation is 2. The molecule has 0 fully saturated rings. The van der Waals surface area contributed by atoms with Crippen LogP contribution in [0.1, 0.15) is 24.0 Å². The van der Waals surface area contributed by atoms with Gasteiger partial charge in [-0.2, -0.15) is 0 Å². The minimum absolute atomic E-state index is 0.0542. The highest BCUT2D eigenvalue weighted by Crippen LogP contribution is 2.30. The average Bonchev–Trinajstić information content (AvgIpc) is 3.20. The van der Waals surface area contributed by atoms with Crippen molar-refractivity contribution in [2.75, 3.05) is 17.7 Å². The molecule has 0 saturated carbocycles. The van der Waals surface area contributed by atoms with Gasteiger partial charge in [-0.05, 0) is 48.2 Å². The zero-order valence-electron chi connectivity index (χ0n) is 16.0. The first-order valence-electron chi connectivity index (χ1n) is 9.42. The van der Waals surface area contributed by atoms with E-state index in [-0.39, 0.29) is 11.8 Å². The number of nitrogens with one attached hydrogen (secondary N) is 2. The predicted molar refractivity (Wildman–Crippen MR) is 114 cm³/mol. The molecule has 3 aromatic rings. The van der Waals surface area contributed by atoms with Gasteiger partial charge in [0.25, 0.3) is 0 Å². The predicted octanol–water partition coefficient (Wildman–Crippen LogP) is 4.27. The number of methoxy groups -OCH3 is 1. The van der Waals surface area contributed by atoms with Crippen molar-refractivity contribution in [1.82, 2.24) is 4.98 Å². The van der Waals surface area contributed by atoms with Gasteiger partial charge in [-0.1, -0.05) is 18.2 Å². The summed E-state index contributed by atoms with van der Waals surface area (Å²) in [4.78, 5) is 28.3.